The van der Waals surface area contributed by atoms with Gasteiger partial charge in [0.2, 0.25) is 5.91 Å². The first-order valence-corrected chi connectivity index (χ1v) is 8.93. The van der Waals surface area contributed by atoms with Crippen LogP contribution in [-0.4, -0.2) is 54.4 Å². The van der Waals surface area contributed by atoms with Crippen molar-refractivity contribution in [3.8, 4) is 0 Å². The molecule has 2 N–H and O–H groups in total. The highest BCUT2D eigenvalue weighted by Crippen LogP contribution is 2.32. The second-order valence-electron chi connectivity index (χ2n) is 6.04. The van der Waals surface area contributed by atoms with E-state index in [0.717, 1.165) is 12.0 Å². The maximum atomic E-state index is 11.4. The summed E-state index contributed by atoms with van der Waals surface area (Å²) in [4.78, 5) is 23.8. The molecule has 1 aromatic rings. The number of hydrogen-bond donors (Lipinski definition) is 2. The highest BCUT2D eigenvalue weighted by atomic mass is 35.5. The van der Waals surface area contributed by atoms with Crippen LogP contribution in [0.1, 0.15) is 31.2 Å². The van der Waals surface area contributed by atoms with Gasteiger partial charge in [0.15, 0.2) is 0 Å². The molecule has 0 aromatic heterocycles. The van der Waals surface area contributed by atoms with Gasteiger partial charge >= 0.3 is 6.09 Å². The number of amides is 2. The Kier molecular flexibility index (Phi) is 7.35. The van der Waals surface area contributed by atoms with Crippen LogP contribution < -0.4 is 5.32 Å². The molecule has 1 aliphatic rings. The summed E-state index contributed by atoms with van der Waals surface area (Å²) in [5.41, 5.74) is 0.895. The second-order valence-corrected chi connectivity index (χ2v) is 6.86. The highest BCUT2D eigenvalue weighted by molar-refractivity contribution is 6.42. The monoisotopic (exact) mass is 388 g/mol. The van der Waals surface area contributed by atoms with Crippen LogP contribution in [0.2, 0.25) is 10.0 Å². The number of benzene rings is 1. The number of nitrogens with zero attached hydrogens (tertiary/aromatic N) is 1. The number of nitrogens with one attached hydrogen (secondary N) is 1. The summed E-state index contributed by atoms with van der Waals surface area (Å²) in [6.45, 7) is 3.04. The summed E-state index contributed by atoms with van der Waals surface area (Å²) < 4.78 is 5.93. The standard InChI is InChI=1S/C17H22Cl2N2O4/c1-11(22)20-6-2-3-16-13(10-21(17(23)24)7-8-25-16)12-4-5-14(18)15(19)9-12/h4-5,9,13,16H,2-3,6-8,10H2,1H3,(H,20,22)(H,23,24)/t13-,16+/m1/s1. The average molecular weight is 389 g/mol. The van der Waals surface area contributed by atoms with Crippen LogP contribution in [0.3, 0.4) is 0 Å². The first kappa shape index (κ1) is 19.8. The molecule has 2 rings (SSSR count). The highest BCUT2D eigenvalue weighted by Gasteiger charge is 2.31. The summed E-state index contributed by atoms with van der Waals surface area (Å²) in [5.74, 6) is -0.217. The molecule has 2 atom stereocenters. The molecule has 1 aliphatic heterocycles. The minimum atomic E-state index is -0.965. The lowest BCUT2D eigenvalue weighted by Crippen LogP contribution is -2.35. The molecule has 25 heavy (non-hydrogen) atoms. The third-order valence-corrected chi connectivity index (χ3v) is 4.98. The predicted molar refractivity (Wildman–Crippen MR) is 96.5 cm³/mol. The van der Waals surface area contributed by atoms with E-state index in [1.165, 1.54) is 11.8 Å². The molecule has 0 bridgehead atoms. The van der Waals surface area contributed by atoms with E-state index in [0.29, 0.717) is 42.7 Å². The molecule has 0 radical (unpaired) electrons. The SMILES string of the molecule is CC(=O)NCCC[C@@H]1OCCN(C(=O)O)C[C@@H]1c1ccc(Cl)c(Cl)c1. The van der Waals surface area contributed by atoms with Gasteiger partial charge in [-0.05, 0) is 30.5 Å². The van der Waals surface area contributed by atoms with Gasteiger partial charge in [0.1, 0.15) is 0 Å². The molecular formula is C17H22Cl2N2O4. The van der Waals surface area contributed by atoms with E-state index in [1.54, 1.807) is 12.1 Å². The summed E-state index contributed by atoms with van der Waals surface area (Å²) in [5, 5.41) is 13.0. The Morgan fingerprint density at radius 2 is 2.12 bits per heavy atom. The van der Waals surface area contributed by atoms with Crippen LogP contribution in [0.4, 0.5) is 4.79 Å². The van der Waals surface area contributed by atoms with Crippen LogP contribution in [0, 0.1) is 0 Å². The van der Waals surface area contributed by atoms with E-state index in [-0.39, 0.29) is 17.9 Å². The molecule has 1 aromatic carbocycles. The largest absolute Gasteiger partial charge is 0.465 e. The Bertz CT molecular complexity index is 627. The van der Waals surface area contributed by atoms with Gasteiger partial charge < -0.3 is 20.1 Å². The van der Waals surface area contributed by atoms with Gasteiger partial charge in [-0.3, -0.25) is 4.79 Å². The lowest BCUT2D eigenvalue weighted by molar-refractivity contribution is -0.119. The topological polar surface area (TPSA) is 78.9 Å². The first-order chi connectivity index (χ1) is 11.9. The molecular weight excluding hydrogens is 367 g/mol. The van der Waals surface area contributed by atoms with Crippen molar-refractivity contribution in [1.82, 2.24) is 10.2 Å². The third-order valence-electron chi connectivity index (χ3n) is 4.24. The van der Waals surface area contributed by atoms with Crippen molar-refractivity contribution in [3.63, 3.8) is 0 Å². The number of carbonyl (C=O) groups is 2. The van der Waals surface area contributed by atoms with Crippen LogP contribution in [0.25, 0.3) is 0 Å². The van der Waals surface area contributed by atoms with Gasteiger partial charge in [-0.1, -0.05) is 29.3 Å². The molecule has 0 aliphatic carbocycles. The zero-order chi connectivity index (χ0) is 18.4. The Hall–Kier alpha value is -1.50. The maximum Gasteiger partial charge on any atom is 0.407 e. The van der Waals surface area contributed by atoms with Crippen molar-refractivity contribution in [2.75, 3.05) is 26.2 Å². The molecule has 1 heterocycles. The van der Waals surface area contributed by atoms with E-state index < -0.39 is 6.09 Å². The van der Waals surface area contributed by atoms with Crippen molar-refractivity contribution in [1.29, 1.82) is 0 Å². The van der Waals surface area contributed by atoms with Crippen molar-refractivity contribution in [2.45, 2.75) is 31.8 Å². The first-order valence-electron chi connectivity index (χ1n) is 8.17. The number of halogens is 2. The van der Waals surface area contributed by atoms with Crippen LogP contribution in [0.5, 0.6) is 0 Å². The van der Waals surface area contributed by atoms with Gasteiger partial charge in [-0.15, -0.1) is 0 Å². The fourth-order valence-corrected chi connectivity index (χ4v) is 3.27. The Labute approximate surface area is 157 Å². The lowest BCUT2D eigenvalue weighted by atomic mass is 9.90. The van der Waals surface area contributed by atoms with Crippen LogP contribution in [-0.2, 0) is 9.53 Å². The summed E-state index contributed by atoms with van der Waals surface area (Å²) >= 11 is 12.1. The van der Waals surface area contributed by atoms with Crippen LogP contribution in [0.15, 0.2) is 18.2 Å². The fourth-order valence-electron chi connectivity index (χ4n) is 2.97. The van der Waals surface area contributed by atoms with Crippen molar-refractivity contribution < 1.29 is 19.4 Å². The van der Waals surface area contributed by atoms with Gasteiger partial charge in [0.25, 0.3) is 0 Å². The second kappa shape index (κ2) is 9.27. The minimum Gasteiger partial charge on any atom is -0.465 e. The minimum absolute atomic E-state index is 0.0696. The van der Waals surface area contributed by atoms with E-state index >= 15 is 0 Å². The average Bonchev–Trinajstić information content (AvgIpc) is 2.77. The zero-order valence-electron chi connectivity index (χ0n) is 14.0. The summed E-state index contributed by atoms with van der Waals surface area (Å²) in [6.07, 6.45) is 0.330. The normalized spacial score (nSPS) is 20.8. The lowest BCUT2D eigenvalue weighted by Gasteiger charge is -2.27. The molecule has 1 fully saturated rings. The van der Waals surface area contributed by atoms with E-state index in [2.05, 4.69) is 5.32 Å². The number of ether oxygens (including phenoxy) is 1. The molecule has 0 saturated carbocycles. The molecule has 0 spiro atoms. The third kappa shape index (κ3) is 5.76. The van der Waals surface area contributed by atoms with Gasteiger partial charge in [-0.2, -0.15) is 0 Å². The van der Waals surface area contributed by atoms with E-state index in [9.17, 15) is 14.7 Å². The summed E-state index contributed by atoms with van der Waals surface area (Å²) in [6, 6.07) is 5.34. The predicted octanol–water partition coefficient (Wildman–Crippen LogP) is 3.37. The van der Waals surface area contributed by atoms with E-state index in [4.69, 9.17) is 27.9 Å². The fraction of sp³-hybridized carbons (Fsp3) is 0.529. The molecule has 2 amide bonds. The van der Waals surface area contributed by atoms with Crippen LogP contribution >= 0.6 is 23.2 Å². The van der Waals surface area contributed by atoms with Crippen molar-refractivity contribution >= 4 is 35.2 Å². The Balaban J connectivity index is 2.16. The van der Waals surface area contributed by atoms with Gasteiger partial charge in [0.05, 0.1) is 22.8 Å². The quantitative estimate of drug-likeness (QED) is 0.757. The Morgan fingerprint density at radius 3 is 2.76 bits per heavy atom. The number of hydrogen-bond acceptors (Lipinski definition) is 3. The number of rotatable bonds is 5. The van der Waals surface area contributed by atoms with Crippen molar-refractivity contribution in [3.05, 3.63) is 33.8 Å². The number of carboxylic acid groups (broad SMARTS) is 1. The van der Waals surface area contributed by atoms with E-state index in [1.807, 2.05) is 6.07 Å². The maximum absolute atomic E-state index is 11.4. The van der Waals surface area contributed by atoms with Gasteiger partial charge in [0, 0.05) is 32.5 Å². The summed E-state index contributed by atoms with van der Waals surface area (Å²) in [7, 11) is 0. The zero-order valence-corrected chi connectivity index (χ0v) is 15.5. The van der Waals surface area contributed by atoms with Gasteiger partial charge in [-0.25, -0.2) is 4.79 Å². The molecule has 6 nitrogen and oxygen atoms in total. The Morgan fingerprint density at radius 1 is 1.36 bits per heavy atom. The molecule has 138 valence electrons. The molecule has 8 heteroatoms. The molecule has 0 unspecified atom stereocenters. The number of carbonyl (C=O) groups excluding carboxylic acids is 1. The molecule has 1 saturated heterocycles. The van der Waals surface area contributed by atoms with Crippen molar-refractivity contribution in [2.24, 2.45) is 0 Å². The smallest absolute Gasteiger partial charge is 0.407 e.